The fourth-order valence-corrected chi connectivity index (χ4v) is 1.71. The molecule has 0 heterocycles. The molecule has 80 valence electrons. The Morgan fingerprint density at radius 1 is 0.800 bits per heavy atom. The number of amides is 1. The summed E-state index contributed by atoms with van der Waals surface area (Å²) in [5.41, 5.74) is 7.48. The molecular formula is C9H4B8N2O. The second kappa shape index (κ2) is 5.18. The highest BCUT2D eigenvalue weighted by molar-refractivity contribution is 6.68. The minimum atomic E-state index is -2.36. The highest BCUT2D eigenvalue weighted by atomic mass is 16.1. The molecule has 0 aliphatic carbocycles. The number of benzene rings is 1. The first-order valence-corrected chi connectivity index (χ1v) is 5.34. The van der Waals surface area contributed by atoms with Crippen molar-refractivity contribution in [2.75, 3.05) is 0 Å². The van der Waals surface area contributed by atoms with Gasteiger partial charge in [0.25, 0.3) is 0 Å². The van der Waals surface area contributed by atoms with Crippen molar-refractivity contribution in [1.29, 1.82) is 0 Å². The van der Waals surface area contributed by atoms with E-state index in [0.29, 0.717) is 0 Å². The molecule has 1 aromatic rings. The van der Waals surface area contributed by atoms with Gasteiger partial charge in [0.05, 0.1) is 15.7 Å². The van der Waals surface area contributed by atoms with Gasteiger partial charge in [-0.15, -0.1) is 27.3 Å². The fraction of sp³-hybridized carbons (Fsp3) is 0.222. The molecule has 0 aliphatic heterocycles. The predicted molar refractivity (Wildman–Crippen MR) is 88.4 cm³/mol. The first-order valence-electron chi connectivity index (χ1n) is 5.34. The summed E-state index contributed by atoms with van der Waals surface area (Å²) in [6.07, 6.45) is 0. The molecule has 4 N–H and O–H groups in total. The fourth-order valence-electron chi connectivity index (χ4n) is 1.71. The third kappa shape index (κ3) is 2.30. The number of primary amides is 1. The predicted octanol–water partition coefficient (Wildman–Crippen LogP) is -7.55. The maximum Gasteiger partial charge on any atom is 0.227 e. The van der Waals surface area contributed by atoms with Gasteiger partial charge >= 0.3 is 0 Å². The molecule has 11 heteroatoms. The molecule has 0 saturated heterocycles. The second-order valence-corrected chi connectivity index (χ2v) is 4.55. The summed E-state index contributed by atoms with van der Waals surface area (Å²) in [5.74, 6) is -1.17. The molecule has 0 bridgehead atoms. The van der Waals surface area contributed by atoms with Gasteiger partial charge in [-0.1, -0.05) is 10.8 Å². The molecule has 0 aromatic heterocycles. The summed E-state index contributed by atoms with van der Waals surface area (Å²) in [4.78, 5) is 11.3. The Morgan fingerprint density at radius 2 is 1.10 bits per heavy atom. The van der Waals surface area contributed by atoms with E-state index in [1.165, 1.54) is 0 Å². The largest absolute Gasteiger partial charge is 0.369 e. The molecule has 0 fully saturated rings. The lowest BCUT2D eigenvalue weighted by Gasteiger charge is -2.44. The van der Waals surface area contributed by atoms with Gasteiger partial charge < -0.3 is 11.5 Å². The van der Waals surface area contributed by atoms with E-state index in [1.807, 2.05) is 0 Å². The van der Waals surface area contributed by atoms with Crippen LogP contribution < -0.4 is 38.8 Å². The third-order valence-corrected chi connectivity index (χ3v) is 3.21. The van der Waals surface area contributed by atoms with E-state index in [4.69, 9.17) is 74.2 Å². The number of hydrogen-bond donors (Lipinski definition) is 2. The van der Waals surface area contributed by atoms with E-state index in [2.05, 4.69) is 0 Å². The van der Waals surface area contributed by atoms with Crippen molar-refractivity contribution < 1.29 is 4.79 Å². The Labute approximate surface area is 129 Å². The van der Waals surface area contributed by atoms with Crippen molar-refractivity contribution in [2.24, 2.45) is 11.5 Å². The quantitative estimate of drug-likeness (QED) is 0.517. The van der Waals surface area contributed by atoms with Crippen LogP contribution in [0, 0.1) is 0 Å². The zero-order valence-corrected chi connectivity index (χ0v) is 10.7. The Morgan fingerprint density at radius 3 is 1.40 bits per heavy atom. The Kier molecular flexibility index (Phi) is 4.46. The topological polar surface area (TPSA) is 69.1 Å². The molecule has 0 saturated carbocycles. The molecule has 1 aromatic carbocycles. The van der Waals surface area contributed by atoms with Crippen LogP contribution in [0.2, 0.25) is 0 Å². The number of carbonyl (C=O) groups is 1. The summed E-state index contributed by atoms with van der Waals surface area (Å²) in [6, 6.07) is 0. The van der Waals surface area contributed by atoms with Gasteiger partial charge in [-0.25, -0.2) is 0 Å². The first-order chi connectivity index (χ1) is 8.87. The Bertz CT molecular complexity index is 557. The molecule has 0 spiro atoms. The van der Waals surface area contributed by atoms with Gasteiger partial charge in [-0.3, -0.25) is 4.79 Å². The summed E-state index contributed by atoms with van der Waals surface area (Å²) in [5, 5.41) is -2.22. The van der Waals surface area contributed by atoms with Crippen LogP contribution in [-0.4, -0.2) is 74.1 Å². The van der Waals surface area contributed by atoms with Crippen molar-refractivity contribution in [3.05, 3.63) is 5.56 Å². The van der Waals surface area contributed by atoms with Gasteiger partial charge in [-0.2, -0.15) is 0 Å². The zero-order chi connectivity index (χ0) is 16.0. The van der Waals surface area contributed by atoms with E-state index in [0.717, 1.165) is 0 Å². The number of rotatable bonds is 3. The molecular weight excluding hydrogens is 239 g/mol. The lowest BCUT2D eigenvalue weighted by molar-refractivity contribution is -0.120. The molecule has 1 amide bonds. The lowest BCUT2D eigenvalue weighted by atomic mass is 9.34. The molecule has 1 rings (SSSR count). The van der Waals surface area contributed by atoms with Crippen LogP contribution in [-0.2, 0) is 10.0 Å². The van der Waals surface area contributed by atoms with E-state index in [1.54, 1.807) is 0 Å². The molecule has 0 unspecified atom stereocenters. The van der Waals surface area contributed by atoms with E-state index in [-0.39, 0.29) is 32.9 Å². The van der Waals surface area contributed by atoms with Gasteiger partial charge in [0.2, 0.25) is 5.91 Å². The van der Waals surface area contributed by atoms with Crippen molar-refractivity contribution in [3.63, 3.8) is 0 Å². The van der Waals surface area contributed by atoms with Gasteiger partial charge in [0.1, 0.15) is 47.1 Å². The molecule has 3 nitrogen and oxygen atoms in total. The van der Waals surface area contributed by atoms with Crippen molar-refractivity contribution >= 4 is 96.0 Å². The molecule has 16 radical (unpaired) electrons. The highest BCUT2D eigenvalue weighted by Gasteiger charge is 2.43. The summed E-state index contributed by atoms with van der Waals surface area (Å²) < 4.78 is 0. The monoisotopic (exact) mass is 244 g/mol. The summed E-state index contributed by atoms with van der Waals surface area (Å²) >= 11 is 0. The SMILES string of the molecule is [B]c1c([B])c([B])c(C([B])([B])[C@]([B])(N)C(N)=O)c([B])c1[B]. The zero-order valence-electron chi connectivity index (χ0n) is 10.7. The van der Waals surface area contributed by atoms with Crippen LogP contribution in [0.1, 0.15) is 5.56 Å². The molecule has 1 atom stereocenters. The number of nitrogens with two attached hydrogens (primary N) is 2. The van der Waals surface area contributed by atoms with E-state index >= 15 is 0 Å². The maximum atomic E-state index is 11.3. The third-order valence-electron chi connectivity index (χ3n) is 3.21. The van der Waals surface area contributed by atoms with Gasteiger partial charge in [0.15, 0.2) is 0 Å². The number of carbonyl (C=O) groups excluding carboxylic acids is 1. The Balaban J connectivity index is 3.76. The summed E-state index contributed by atoms with van der Waals surface area (Å²) in [7, 11) is 45.7. The number of hydrogen-bond acceptors (Lipinski definition) is 2. The molecule has 20 heavy (non-hydrogen) atoms. The minimum absolute atomic E-state index is 0.0433. The van der Waals surface area contributed by atoms with Crippen LogP contribution in [0.25, 0.3) is 0 Å². The highest BCUT2D eigenvalue weighted by Crippen LogP contribution is 2.22. The first kappa shape index (κ1) is 17.2. The average molecular weight is 243 g/mol. The maximum absolute atomic E-state index is 11.3. The second-order valence-electron chi connectivity index (χ2n) is 4.55. The standard InChI is InChI=1S/C9H4B8N2O/c10-2-1(3(11)5(13)6(14)4(2)12)8(15,16)9(17,19)7(18)20/h19H2,(H2,18,20)/t9-/m1/s1. The minimum Gasteiger partial charge on any atom is -0.369 e. The van der Waals surface area contributed by atoms with E-state index < -0.39 is 16.6 Å². The van der Waals surface area contributed by atoms with Crippen LogP contribution in [0.15, 0.2) is 0 Å². The van der Waals surface area contributed by atoms with Crippen LogP contribution in [0.5, 0.6) is 0 Å². The van der Waals surface area contributed by atoms with Crippen molar-refractivity contribution in [1.82, 2.24) is 0 Å². The van der Waals surface area contributed by atoms with E-state index in [9.17, 15) is 4.79 Å². The Hall–Kier alpha value is -0.831. The van der Waals surface area contributed by atoms with Gasteiger partial charge in [-0.05, 0) is 0 Å². The lowest BCUT2D eigenvalue weighted by Crippen LogP contribution is -2.71. The molecule has 0 aliphatic rings. The smallest absolute Gasteiger partial charge is 0.227 e. The van der Waals surface area contributed by atoms with Crippen LogP contribution in [0.3, 0.4) is 0 Å². The summed E-state index contributed by atoms with van der Waals surface area (Å²) in [6.45, 7) is 0. The van der Waals surface area contributed by atoms with Crippen LogP contribution >= 0.6 is 0 Å². The van der Waals surface area contributed by atoms with Crippen LogP contribution in [0.4, 0.5) is 0 Å². The normalized spacial score (nSPS) is 14.7. The van der Waals surface area contributed by atoms with Crippen molar-refractivity contribution in [2.45, 2.75) is 10.7 Å². The average Bonchev–Trinajstić information content (AvgIpc) is 2.33. The van der Waals surface area contributed by atoms with Gasteiger partial charge in [0, 0.05) is 5.44 Å². The van der Waals surface area contributed by atoms with Crippen molar-refractivity contribution in [3.8, 4) is 0 Å².